The topological polar surface area (TPSA) is 51.0 Å². The Labute approximate surface area is 117 Å². The summed E-state index contributed by atoms with van der Waals surface area (Å²) in [5.41, 5.74) is 0.00264. The summed E-state index contributed by atoms with van der Waals surface area (Å²) in [6.45, 7) is 4.11. The molecule has 0 bridgehead atoms. The lowest BCUT2D eigenvalue weighted by molar-refractivity contribution is 0.305. The zero-order chi connectivity index (χ0) is 13.1. The molecule has 1 N–H and O–H groups in total. The van der Waals surface area contributed by atoms with Gasteiger partial charge in [-0.15, -0.1) is 11.8 Å². The first kappa shape index (κ1) is 12.7. The number of benzene rings is 1. The van der Waals surface area contributed by atoms with Crippen molar-refractivity contribution < 1.29 is 4.52 Å². The van der Waals surface area contributed by atoms with E-state index < -0.39 is 0 Å². The van der Waals surface area contributed by atoms with E-state index in [4.69, 9.17) is 4.52 Å². The molecule has 1 unspecified atom stereocenters. The summed E-state index contributed by atoms with van der Waals surface area (Å²) in [7, 11) is 0. The van der Waals surface area contributed by atoms with Crippen molar-refractivity contribution in [1.82, 2.24) is 15.5 Å². The predicted molar refractivity (Wildman–Crippen MR) is 75.1 cm³/mol. The number of nitrogens with one attached hydrogen (secondary N) is 1. The zero-order valence-corrected chi connectivity index (χ0v) is 11.7. The normalized spacial score (nSPS) is 22.8. The summed E-state index contributed by atoms with van der Waals surface area (Å²) in [5.74, 6) is 2.29. The van der Waals surface area contributed by atoms with Gasteiger partial charge in [-0.25, -0.2) is 0 Å². The molecular weight excluding hydrogens is 258 g/mol. The van der Waals surface area contributed by atoms with Gasteiger partial charge in [0.05, 0.1) is 11.2 Å². The fourth-order valence-corrected chi connectivity index (χ4v) is 2.98. The molecule has 1 aliphatic heterocycles. The highest BCUT2D eigenvalue weighted by atomic mass is 32.2. The summed E-state index contributed by atoms with van der Waals surface area (Å²) in [6.07, 6.45) is 1.06. The van der Waals surface area contributed by atoms with E-state index >= 15 is 0 Å². The van der Waals surface area contributed by atoms with E-state index in [0.29, 0.717) is 0 Å². The lowest BCUT2D eigenvalue weighted by Crippen LogP contribution is -2.25. The van der Waals surface area contributed by atoms with Gasteiger partial charge in [0.15, 0.2) is 5.82 Å². The van der Waals surface area contributed by atoms with Gasteiger partial charge in [0.2, 0.25) is 5.89 Å². The van der Waals surface area contributed by atoms with Crippen molar-refractivity contribution in [3.05, 3.63) is 42.0 Å². The summed E-state index contributed by atoms with van der Waals surface area (Å²) in [5, 5.41) is 7.43. The molecule has 4 nitrogen and oxygen atoms in total. The van der Waals surface area contributed by atoms with Crippen molar-refractivity contribution in [1.29, 1.82) is 0 Å². The molecule has 3 rings (SSSR count). The molecule has 5 heteroatoms. The minimum atomic E-state index is 0.00264. The zero-order valence-electron chi connectivity index (χ0n) is 10.9. The second kappa shape index (κ2) is 5.35. The van der Waals surface area contributed by atoms with Gasteiger partial charge in [-0.05, 0) is 32.0 Å². The largest absolute Gasteiger partial charge is 0.339 e. The molecule has 0 amide bonds. The molecule has 19 heavy (non-hydrogen) atoms. The molecule has 0 saturated carbocycles. The number of hydrogen-bond acceptors (Lipinski definition) is 5. The maximum atomic E-state index is 5.43. The van der Waals surface area contributed by atoms with Crippen molar-refractivity contribution in [3.63, 3.8) is 0 Å². The third kappa shape index (κ3) is 2.82. The SMILES string of the molecule is CC1(c2nc(CSc3ccccc3)no2)CCNC1. The first-order chi connectivity index (χ1) is 9.26. The molecule has 100 valence electrons. The maximum Gasteiger partial charge on any atom is 0.233 e. The Morgan fingerprint density at radius 1 is 1.37 bits per heavy atom. The molecule has 1 aromatic carbocycles. The monoisotopic (exact) mass is 275 g/mol. The van der Waals surface area contributed by atoms with E-state index in [1.54, 1.807) is 11.8 Å². The van der Waals surface area contributed by atoms with Gasteiger partial charge in [0.1, 0.15) is 0 Å². The fourth-order valence-electron chi connectivity index (χ4n) is 2.22. The van der Waals surface area contributed by atoms with Crippen molar-refractivity contribution in [3.8, 4) is 0 Å². The first-order valence-electron chi connectivity index (χ1n) is 6.48. The van der Waals surface area contributed by atoms with E-state index in [-0.39, 0.29) is 5.41 Å². The van der Waals surface area contributed by atoms with E-state index in [1.165, 1.54) is 4.90 Å². The van der Waals surface area contributed by atoms with Crippen LogP contribution < -0.4 is 5.32 Å². The Bertz CT molecular complexity index is 535. The van der Waals surface area contributed by atoms with Crippen LogP contribution in [0, 0.1) is 0 Å². The lowest BCUT2D eigenvalue weighted by atomic mass is 9.90. The van der Waals surface area contributed by atoms with E-state index in [0.717, 1.165) is 37.0 Å². The highest BCUT2D eigenvalue weighted by Crippen LogP contribution is 2.29. The molecule has 1 fully saturated rings. The van der Waals surface area contributed by atoms with Crippen LogP contribution in [0.1, 0.15) is 25.1 Å². The number of rotatable bonds is 4. The molecule has 0 radical (unpaired) electrons. The average Bonchev–Trinajstić information content (AvgIpc) is 3.07. The Morgan fingerprint density at radius 2 is 2.21 bits per heavy atom. The second-order valence-corrected chi connectivity index (χ2v) is 6.15. The van der Waals surface area contributed by atoms with Crippen LogP contribution in [0.4, 0.5) is 0 Å². The minimum Gasteiger partial charge on any atom is -0.339 e. The Balaban J connectivity index is 1.65. The van der Waals surface area contributed by atoms with Crippen LogP contribution in [0.5, 0.6) is 0 Å². The molecule has 0 aliphatic carbocycles. The van der Waals surface area contributed by atoms with Crippen LogP contribution in [0.25, 0.3) is 0 Å². The van der Waals surface area contributed by atoms with Crippen molar-refractivity contribution in [2.24, 2.45) is 0 Å². The van der Waals surface area contributed by atoms with E-state index in [1.807, 2.05) is 18.2 Å². The molecule has 1 aromatic heterocycles. The van der Waals surface area contributed by atoms with Crippen LogP contribution in [-0.2, 0) is 11.2 Å². The Morgan fingerprint density at radius 3 is 2.95 bits per heavy atom. The van der Waals surface area contributed by atoms with Gasteiger partial charge in [-0.2, -0.15) is 4.98 Å². The summed E-state index contributed by atoms with van der Waals surface area (Å²) in [4.78, 5) is 5.77. The quantitative estimate of drug-likeness (QED) is 0.869. The third-order valence-electron chi connectivity index (χ3n) is 3.46. The standard InChI is InChI=1S/C14H17N3OS/c1-14(7-8-15-10-14)13-16-12(17-18-13)9-19-11-5-3-2-4-6-11/h2-6,15H,7-10H2,1H3. The van der Waals surface area contributed by atoms with Crippen LogP contribution in [-0.4, -0.2) is 23.2 Å². The number of aromatic nitrogens is 2. The smallest absolute Gasteiger partial charge is 0.233 e. The van der Waals surface area contributed by atoms with Gasteiger partial charge in [0.25, 0.3) is 0 Å². The molecule has 1 atom stereocenters. The predicted octanol–water partition coefficient (Wildman–Crippen LogP) is 2.61. The summed E-state index contributed by atoms with van der Waals surface area (Å²) in [6, 6.07) is 10.3. The van der Waals surface area contributed by atoms with Crippen molar-refractivity contribution in [2.75, 3.05) is 13.1 Å². The van der Waals surface area contributed by atoms with Crippen LogP contribution in [0.2, 0.25) is 0 Å². The average molecular weight is 275 g/mol. The van der Waals surface area contributed by atoms with Gasteiger partial charge < -0.3 is 9.84 Å². The minimum absolute atomic E-state index is 0.00264. The highest BCUT2D eigenvalue weighted by Gasteiger charge is 2.36. The number of hydrogen-bond donors (Lipinski definition) is 1. The third-order valence-corrected chi connectivity index (χ3v) is 4.47. The van der Waals surface area contributed by atoms with E-state index in [2.05, 4.69) is 34.5 Å². The summed E-state index contributed by atoms with van der Waals surface area (Å²) >= 11 is 1.73. The van der Waals surface area contributed by atoms with Crippen LogP contribution in [0.15, 0.2) is 39.8 Å². The van der Waals surface area contributed by atoms with Gasteiger partial charge in [-0.1, -0.05) is 23.4 Å². The van der Waals surface area contributed by atoms with E-state index in [9.17, 15) is 0 Å². The van der Waals surface area contributed by atoms with Gasteiger partial charge in [0, 0.05) is 11.4 Å². The molecule has 1 saturated heterocycles. The van der Waals surface area contributed by atoms with Crippen molar-refractivity contribution >= 4 is 11.8 Å². The molecule has 2 aromatic rings. The Hall–Kier alpha value is -1.33. The van der Waals surface area contributed by atoms with Gasteiger partial charge in [-0.3, -0.25) is 0 Å². The Kier molecular flexibility index (Phi) is 3.57. The highest BCUT2D eigenvalue weighted by molar-refractivity contribution is 7.98. The molecule has 1 aliphatic rings. The second-order valence-electron chi connectivity index (χ2n) is 5.10. The fraction of sp³-hybridized carbons (Fsp3) is 0.429. The summed E-state index contributed by atoms with van der Waals surface area (Å²) < 4.78 is 5.43. The lowest BCUT2D eigenvalue weighted by Gasteiger charge is -2.15. The molecule has 2 heterocycles. The van der Waals surface area contributed by atoms with Crippen LogP contribution >= 0.6 is 11.8 Å². The maximum absolute atomic E-state index is 5.43. The number of thioether (sulfide) groups is 1. The molecular formula is C14H17N3OS. The van der Waals surface area contributed by atoms with Crippen molar-refractivity contribution in [2.45, 2.75) is 29.4 Å². The molecule has 0 spiro atoms. The van der Waals surface area contributed by atoms with Gasteiger partial charge >= 0.3 is 0 Å². The first-order valence-corrected chi connectivity index (χ1v) is 7.46. The number of nitrogens with zero attached hydrogens (tertiary/aromatic N) is 2. The van der Waals surface area contributed by atoms with Crippen LogP contribution in [0.3, 0.4) is 0 Å².